The maximum Gasteiger partial charge on any atom is 0.142 e. The zero-order valence-corrected chi connectivity index (χ0v) is 20.2. The van der Waals surface area contributed by atoms with Crippen LogP contribution in [0.25, 0.3) is 21.9 Å². The molecule has 4 aromatic rings. The van der Waals surface area contributed by atoms with Gasteiger partial charge in [-0.15, -0.1) is 0 Å². The van der Waals surface area contributed by atoms with Crippen molar-refractivity contribution in [2.75, 3.05) is 57.0 Å². The lowest BCUT2D eigenvalue weighted by Crippen LogP contribution is -2.27. The predicted octanol–water partition coefficient (Wildman–Crippen LogP) is 5.30. The van der Waals surface area contributed by atoms with Crippen molar-refractivity contribution in [3.8, 4) is 11.1 Å². The highest BCUT2D eigenvalue weighted by Gasteiger charge is 2.44. The van der Waals surface area contributed by atoms with Gasteiger partial charge in [-0.25, -0.2) is 0 Å². The molecule has 0 saturated heterocycles. The van der Waals surface area contributed by atoms with E-state index >= 15 is 0 Å². The van der Waals surface area contributed by atoms with Gasteiger partial charge in [-0.2, -0.15) is 0 Å². The molecule has 0 aromatic heterocycles. The second kappa shape index (κ2) is 7.53. The Morgan fingerprint density at radius 3 is 1.52 bits per heavy atom. The Morgan fingerprint density at radius 1 is 0.545 bits per heavy atom. The maximum absolute atomic E-state index is 12.6. The fourth-order valence-electron chi connectivity index (χ4n) is 5.12. The molecule has 33 heavy (non-hydrogen) atoms. The third kappa shape index (κ3) is 3.09. The van der Waals surface area contributed by atoms with E-state index in [0.29, 0.717) is 0 Å². The minimum Gasteiger partial charge on any atom is -0.378 e. The van der Waals surface area contributed by atoms with Crippen molar-refractivity contribution >= 4 is 27.8 Å². The van der Waals surface area contributed by atoms with Gasteiger partial charge in [-0.05, 0) is 46.8 Å². The van der Waals surface area contributed by atoms with Gasteiger partial charge in [0, 0.05) is 81.4 Å². The summed E-state index contributed by atoms with van der Waals surface area (Å²) in [6.45, 7) is 0. The second-order valence-electron chi connectivity index (χ2n) is 9.53. The van der Waals surface area contributed by atoms with Crippen LogP contribution in [0.2, 0.25) is 0 Å². The molecule has 168 valence electrons. The van der Waals surface area contributed by atoms with Crippen LogP contribution in [-0.2, 0) is 5.60 Å². The van der Waals surface area contributed by atoms with Gasteiger partial charge in [0.1, 0.15) is 5.60 Å². The molecule has 1 aliphatic carbocycles. The lowest BCUT2D eigenvalue weighted by molar-refractivity contribution is 0.132. The first kappa shape index (κ1) is 21.4. The van der Waals surface area contributed by atoms with Crippen molar-refractivity contribution in [3.05, 3.63) is 89.5 Å². The van der Waals surface area contributed by atoms with E-state index in [0.717, 1.165) is 55.7 Å². The van der Waals surface area contributed by atoms with Crippen LogP contribution in [0.1, 0.15) is 16.7 Å². The van der Waals surface area contributed by atoms with Crippen LogP contribution in [0.4, 0.5) is 17.1 Å². The van der Waals surface area contributed by atoms with E-state index in [4.69, 9.17) is 0 Å². The van der Waals surface area contributed by atoms with Crippen molar-refractivity contribution in [3.63, 3.8) is 0 Å². The molecule has 0 unspecified atom stereocenters. The molecule has 1 aliphatic rings. The first-order chi connectivity index (χ1) is 15.7. The molecule has 0 saturated carbocycles. The Morgan fingerprint density at radius 2 is 1.03 bits per heavy atom. The summed E-state index contributed by atoms with van der Waals surface area (Å²) in [6.07, 6.45) is 0. The Labute approximate surface area is 196 Å². The molecule has 0 heterocycles. The summed E-state index contributed by atoms with van der Waals surface area (Å²) in [4.78, 5) is 6.34. The highest BCUT2D eigenvalue weighted by molar-refractivity contribution is 5.99. The van der Waals surface area contributed by atoms with Crippen molar-refractivity contribution in [1.29, 1.82) is 0 Å². The molecule has 0 spiro atoms. The smallest absolute Gasteiger partial charge is 0.142 e. The first-order valence-electron chi connectivity index (χ1n) is 11.3. The molecule has 0 aliphatic heterocycles. The summed E-state index contributed by atoms with van der Waals surface area (Å²) in [6, 6.07) is 25.4. The lowest BCUT2D eigenvalue weighted by Gasteiger charge is -2.30. The average Bonchev–Trinajstić information content (AvgIpc) is 3.06. The maximum atomic E-state index is 12.6. The van der Waals surface area contributed by atoms with Crippen molar-refractivity contribution < 1.29 is 5.11 Å². The number of aliphatic hydroxyl groups is 1. The molecule has 4 nitrogen and oxygen atoms in total. The number of fused-ring (bicyclic) bond motifs is 4. The lowest BCUT2D eigenvalue weighted by atomic mass is 9.81. The summed E-state index contributed by atoms with van der Waals surface area (Å²) in [5, 5.41) is 14.8. The fraction of sp³-hybridized carbons (Fsp3) is 0.241. The standard InChI is InChI=1S/C29H31N3O/c1-30(2)19-11-13-26-23(17-19)24-18-20(31(3)4)12-14-27(24)29(26,33)25-15-16-28(32(5)6)22-10-8-7-9-21(22)25/h7-18,33H,1-6H3. The minimum absolute atomic E-state index is 0.916. The van der Waals surface area contributed by atoms with E-state index in [-0.39, 0.29) is 0 Å². The Balaban J connectivity index is 1.86. The Hall–Kier alpha value is -3.50. The van der Waals surface area contributed by atoms with Crippen molar-refractivity contribution in [2.45, 2.75) is 5.60 Å². The van der Waals surface area contributed by atoms with Gasteiger partial charge in [-0.1, -0.05) is 42.5 Å². The highest BCUT2D eigenvalue weighted by Crippen LogP contribution is 2.54. The van der Waals surface area contributed by atoms with E-state index in [9.17, 15) is 5.11 Å². The molecule has 0 radical (unpaired) electrons. The zero-order valence-electron chi connectivity index (χ0n) is 20.2. The highest BCUT2D eigenvalue weighted by atomic mass is 16.3. The summed E-state index contributed by atoms with van der Waals surface area (Å²) < 4.78 is 0. The van der Waals surface area contributed by atoms with Crippen LogP contribution in [0.15, 0.2) is 72.8 Å². The molecule has 1 N–H and O–H groups in total. The van der Waals surface area contributed by atoms with Gasteiger partial charge < -0.3 is 19.8 Å². The topological polar surface area (TPSA) is 30.0 Å². The summed E-state index contributed by atoms with van der Waals surface area (Å²) in [5.74, 6) is 0. The quantitative estimate of drug-likeness (QED) is 0.469. The van der Waals surface area contributed by atoms with Crippen LogP contribution < -0.4 is 14.7 Å². The van der Waals surface area contributed by atoms with Crippen molar-refractivity contribution in [2.24, 2.45) is 0 Å². The number of nitrogens with zero attached hydrogens (tertiary/aromatic N) is 3. The first-order valence-corrected chi connectivity index (χ1v) is 11.3. The van der Waals surface area contributed by atoms with Gasteiger partial charge >= 0.3 is 0 Å². The molecule has 0 fully saturated rings. The zero-order chi connectivity index (χ0) is 23.5. The van der Waals surface area contributed by atoms with Gasteiger partial charge in [0.05, 0.1) is 0 Å². The molecule has 4 aromatic carbocycles. The molecule has 4 heteroatoms. The number of hydrogen-bond acceptors (Lipinski definition) is 4. The summed E-state index contributed by atoms with van der Waals surface area (Å²) >= 11 is 0. The van der Waals surface area contributed by atoms with Crippen LogP contribution in [0, 0.1) is 0 Å². The molecule has 0 atom stereocenters. The van der Waals surface area contributed by atoms with E-state index in [1.54, 1.807) is 0 Å². The second-order valence-corrected chi connectivity index (χ2v) is 9.53. The molecule has 0 bridgehead atoms. The molecule has 5 rings (SSSR count). The van der Waals surface area contributed by atoms with Crippen LogP contribution in [-0.4, -0.2) is 47.4 Å². The number of hydrogen-bond donors (Lipinski definition) is 1. The monoisotopic (exact) mass is 437 g/mol. The fourth-order valence-corrected chi connectivity index (χ4v) is 5.12. The minimum atomic E-state index is -1.23. The molecule has 0 amide bonds. The average molecular weight is 438 g/mol. The Kier molecular flexibility index (Phi) is 4.87. The predicted molar refractivity (Wildman–Crippen MR) is 141 cm³/mol. The third-order valence-electron chi connectivity index (χ3n) is 6.88. The van der Waals surface area contributed by atoms with Crippen LogP contribution in [0.5, 0.6) is 0 Å². The van der Waals surface area contributed by atoms with Gasteiger partial charge in [-0.3, -0.25) is 0 Å². The number of anilines is 3. The van der Waals surface area contributed by atoms with Gasteiger partial charge in [0.15, 0.2) is 0 Å². The molecular weight excluding hydrogens is 406 g/mol. The largest absolute Gasteiger partial charge is 0.378 e. The van der Waals surface area contributed by atoms with Gasteiger partial charge in [0.25, 0.3) is 0 Å². The number of benzene rings is 4. The summed E-state index contributed by atoms with van der Waals surface area (Å²) in [7, 11) is 12.3. The Bertz CT molecular complexity index is 1310. The van der Waals surface area contributed by atoms with Crippen LogP contribution in [0.3, 0.4) is 0 Å². The summed E-state index contributed by atoms with van der Waals surface area (Å²) in [5.41, 5.74) is 7.10. The SMILES string of the molecule is CN(C)c1ccc2c(c1)-c1cc(N(C)C)ccc1C2(O)c1ccc(N(C)C)c2ccccc12. The van der Waals surface area contributed by atoms with E-state index < -0.39 is 5.60 Å². The van der Waals surface area contributed by atoms with Gasteiger partial charge in [0.2, 0.25) is 0 Å². The van der Waals surface area contributed by atoms with E-state index in [2.05, 4.69) is 102 Å². The van der Waals surface area contributed by atoms with E-state index in [1.807, 2.05) is 28.2 Å². The van der Waals surface area contributed by atoms with E-state index in [1.165, 1.54) is 0 Å². The van der Waals surface area contributed by atoms with Crippen molar-refractivity contribution in [1.82, 2.24) is 0 Å². The number of rotatable bonds is 4. The molecular formula is C29H31N3O. The normalized spacial score (nSPS) is 13.5. The third-order valence-corrected chi connectivity index (χ3v) is 6.88. The van der Waals surface area contributed by atoms with Crippen LogP contribution >= 0.6 is 0 Å².